The average Bonchev–Trinajstić information content (AvgIpc) is 3.56. The number of rotatable bonds is 10. The summed E-state index contributed by atoms with van der Waals surface area (Å²) >= 11 is 3.52. The van der Waals surface area contributed by atoms with E-state index in [2.05, 4.69) is 21.2 Å². The van der Waals surface area contributed by atoms with Crippen LogP contribution in [-0.4, -0.2) is 52.1 Å². The van der Waals surface area contributed by atoms with Crippen molar-refractivity contribution in [1.29, 1.82) is 0 Å². The molecule has 0 spiro atoms. The number of nitrogens with zero attached hydrogens (tertiary/aromatic N) is 2. The standard InChI is InChI=1S/C32H36BrN3O4/c33-24-12-8-11-23(19-24)21-36(29(37)17-18-35-31(39)26-15-6-7-16-27(26)32(35)40)28(20-22-9-2-1-3-10-22)30(38)34-25-13-4-5-14-25/h1-3,6-12,19,25-28H,4-5,13-18,20-21H2,(H,34,38)/t26-,27+,28?. The second kappa shape index (κ2) is 12.9. The van der Waals surface area contributed by atoms with Gasteiger partial charge in [0.1, 0.15) is 6.04 Å². The first-order valence-electron chi connectivity index (χ1n) is 14.3. The van der Waals surface area contributed by atoms with Crippen LogP contribution in [0.5, 0.6) is 0 Å². The van der Waals surface area contributed by atoms with E-state index in [-0.39, 0.29) is 61.0 Å². The predicted octanol–water partition coefficient (Wildman–Crippen LogP) is 4.79. The van der Waals surface area contributed by atoms with Crippen LogP contribution in [0.1, 0.15) is 56.1 Å². The molecule has 1 heterocycles. The number of allylic oxidation sites excluding steroid dienone is 2. The van der Waals surface area contributed by atoms with Crippen molar-refractivity contribution in [3.8, 4) is 0 Å². The summed E-state index contributed by atoms with van der Waals surface area (Å²) in [6.07, 6.45) is 9.45. The topological polar surface area (TPSA) is 86.8 Å². The maximum absolute atomic E-state index is 14.0. The molecule has 2 fully saturated rings. The predicted molar refractivity (Wildman–Crippen MR) is 156 cm³/mol. The molecule has 210 valence electrons. The Balaban J connectivity index is 1.39. The summed E-state index contributed by atoms with van der Waals surface area (Å²) < 4.78 is 0.886. The number of nitrogens with one attached hydrogen (secondary N) is 1. The minimum Gasteiger partial charge on any atom is -0.352 e. The Bertz CT molecular complexity index is 1250. The van der Waals surface area contributed by atoms with Crippen LogP contribution in [0.3, 0.4) is 0 Å². The quantitative estimate of drug-likeness (QED) is 0.312. The first-order chi connectivity index (χ1) is 19.4. The molecule has 8 heteroatoms. The molecule has 0 bridgehead atoms. The second-order valence-corrected chi connectivity index (χ2v) is 12.0. The van der Waals surface area contributed by atoms with Crippen LogP contribution in [0.4, 0.5) is 0 Å². The molecule has 3 aliphatic rings. The Hall–Kier alpha value is -3.26. The number of hydrogen-bond donors (Lipinski definition) is 1. The highest BCUT2D eigenvalue weighted by Gasteiger charge is 2.47. The maximum Gasteiger partial charge on any atom is 0.243 e. The largest absolute Gasteiger partial charge is 0.352 e. The normalized spacial score (nSPS) is 21.4. The summed E-state index contributed by atoms with van der Waals surface area (Å²) in [5.41, 5.74) is 1.85. The van der Waals surface area contributed by atoms with Crippen LogP contribution in [0.15, 0.2) is 71.2 Å². The van der Waals surface area contributed by atoms with Gasteiger partial charge in [0.2, 0.25) is 23.6 Å². The van der Waals surface area contributed by atoms with Crippen molar-refractivity contribution in [3.63, 3.8) is 0 Å². The molecule has 1 N–H and O–H groups in total. The number of carbonyl (C=O) groups is 4. The van der Waals surface area contributed by atoms with Gasteiger partial charge in [0.05, 0.1) is 11.8 Å². The van der Waals surface area contributed by atoms with Crippen molar-refractivity contribution in [1.82, 2.24) is 15.1 Å². The third kappa shape index (κ3) is 6.54. The van der Waals surface area contributed by atoms with Crippen molar-refractivity contribution < 1.29 is 19.2 Å². The van der Waals surface area contributed by atoms with Gasteiger partial charge in [-0.1, -0.05) is 83.4 Å². The van der Waals surface area contributed by atoms with Crippen LogP contribution in [0.2, 0.25) is 0 Å². The number of amides is 4. The first-order valence-corrected chi connectivity index (χ1v) is 15.1. The summed E-state index contributed by atoms with van der Waals surface area (Å²) in [6, 6.07) is 16.8. The van der Waals surface area contributed by atoms with Gasteiger partial charge in [0.15, 0.2) is 0 Å². The van der Waals surface area contributed by atoms with Gasteiger partial charge >= 0.3 is 0 Å². The lowest BCUT2D eigenvalue weighted by atomic mass is 9.85. The van der Waals surface area contributed by atoms with Crippen molar-refractivity contribution in [3.05, 3.63) is 82.3 Å². The number of hydrogen-bond acceptors (Lipinski definition) is 4. The molecule has 2 aliphatic carbocycles. The molecule has 7 nitrogen and oxygen atoms in total. The zero-order valence-corrected chi connectivity index (χ0v) is 24.2. The van der Waals surface area contributed by atoms with Gasteiger partial charge in [0.25, 0.3) is 0 Å². The molecule has 1 saturated carbocycles. The van der Waals surface area contributed by atoms with Crippen molar-refractivity contribution in [2.45, 2.75) is 70.0 Å². The molecule has 2 aromatic carbocycles. The number of fused-ring (bicyclic) bond motifs is 1. The minimum atomic E-state index is -0.730. The molecule has 0 radical (unpaired) electrons. The van der Waals surface area contributed by atoms with E-state index >= 15 is 0 Å². The highest BCUT2D eigenvalue weighted by Crippen LogP contribution is 2.35. The Kier molecular flexibility index (Phi) is 9.15. The van der Waals surface area contributed by atoms with E-state index in [1.54, 1.807) is 4.90 Å². The summed E-state index contributed by atoms with van der Waals surface area (Å²) in [4.78, 5) is 56.7. The van der Waals surface area contributed by atoms with Crippen LogP contribution in [0.25, 0.3) is 0 Å². The van der Waals surface area contributed by atoms with E-state index in [0.717, 1.165) is 41.3 Å². The van der Waals surface area contributed by atoms with E-state index in [0.29, 0.717) is 19.3 Å². The smallest absolute Gasteiger partial charge is 0.243 e. The molecule has 0 aromatic heterocycles. The first kappa shape index (κ1) is 28.3. The highest BCUT2D eigenvalue weighted by molar-refractivity contribution is 9.10. The lowest BCUT2D eigenvalue weighted by Crippen LogP contribution is -2.52. The molecule has 5 rings (SSSR count). The molecule has 2 aromatic rings. The zero-order valence-electron chi connectivity index (χ0n) is 22.6. The van der Waals surface area contributed by atoms with Gasteiger partial charge in [-0.15, -0.1) is 0 Å². The summed E-state index contributed by atoms with van der Waals surface area (Å²) in [7, 11) is 0. The number of carbonyl (C=O) groups excluding carboxylic acids is 4. The highest BCUT2D eigenvalue weighted by atomic mass is 79.9. The van der Waals surface area contributed by atoms with Crippen LogP contribution < -0.4 is 5.32 Å². The van der Waals surface area contributed by atoms with Gasteiger partial charge in [0, 0.05) is 36.4 Å². The van der Waals surface area contributed by atoms with Crippen molar-refractivity contribution in [2.75, 3.05) is 6.54 Å². The van der Waals surface area contributed by atoms with E-state index < -0.39 is 6.04 Å². The molecule has 3 atom stereocenters. The number of likely N-dealkylation sites (tertiary alicyclic amines) is 1. The molecular formula is C32H36BrN3O4. The van der Waals surface area contributed by atoms with Gasteiger partial charge in [-0.2, -0.15) is 0 Å². The van der Waals surface area contributed by atoms with Crippen molar-refractivity contribution in [2.24, 2.45) is 11.8 Å². The third-order valence-corrected chi connectivity index (χ3v) is 8.86. The minimum absolute atomic E-state index is 0.0274. The van der Waals surface area contributed by atoms with Crippen molar-refractivity contribution >= 4 is 39.6 Å². The summed E-state index contributed by atoms with van der Waals surface area (Å²) in [5, 5.41) is 3.21. The van der Waals surface area contributed by atoms with E-state index in [9.17, 15) is 19.2 Å². The van der Waals surface area contributed by atoms with E-state index in [4.69, 9.17) is 0 Å². The van der Waals surface area contributed by atoms with E-state index in [1.807, 2.05) is 66.7 Å². The van der Waals surface area contributed by atoms with Gasteiger partial charge < -0.3 is 10.2 Å². The third-order valence-electron chi connectivity index (χ3n) is 8.36. The fraction of sp³-hybridized carbons (Fsp3) is 0.438. The molecule has 1 saturated heterocycles. The molecule has 4 amide bonds. The Morgan fingerprint density at radius 1 is 0.925 bits per heavy atom. The lowest BCUT2D eigenvalue weighted by molar-refractivity contribution is -0.144. The number of benzene rings is 2. The number of halogens is 1. The fourth-order valence-corrected chi connectivity index (χ4v) is 6.64. The monoisotopic (exact) mass is 605 g/mol. The van der Waals surface area contributed by atoms with Crippen LogP contribution in [-0.2, 0) is 32.1 Å². The molecular weight excluding hydrogens is 570 g/mol. The lowest BCUT2D eigenvalue weighted by Gasteiger charge is -2.33. The van der Waals surface area contributed by atoms with Crippen LogP contribution >= 0.6 is 15.9 Å². The Morgan fingerprint density at radius 3 is 2.23 bits per heavy atom. The number of imide groups is 1. The van der Waals surface area contributed by atoms with E-state index in [1.165, 1.54) is 4.90 Å². The van der Waals surface area contributed by atoms with Crippen LogP contribution in [0, 0.1) is 11.8 Å². The van der Waals surface area contributed by atoms with Gasteiger partial charge in [-0.25, -0.2) is 0 Å². The fourth-order valence-electron chi connectivity index (χ4n) is 6.19. The maximum atomic E-state index is 14.0. The Labute approximate surface area is 244 Å². The summed E-state index contributed by atoms with van der Waals surface area (Å²) in [5.74, 6) is -1.45. The second-order valence-electron chi connectivity index (χ2n) is 11.1. The SMILES string of the molecule is O=C(NC1CCCC1)C(Cc1ccccc1)N(Cc1cccc(Br)c1)C(=O)CCN1C(=O)[C@H]2CC=CC[C@H]2C1=O. The van der Waals surface area contributed by atoms with Gasteiger partial charge in [-0.3, -0.25) is 24.1 Å². The average molecular weight is 607 g/mol. The Morgan fingerprint density at radius 2 is 1.57 bits per heavy atom. The summed E-state index contributed by atoms with van der Waals surface area (Å²) in [6.45, 7) is 0.270. The molecule has 1 unspecified atom stereocenters. The zero-order chi connectivity index (χ0) is 28.1. The molecule has 40 heavy (non-hydrogen) atoms. The molecule has 1 aliphatic heterocycles. The van der Waals surface area contributed by atoms with Gasteiger partial charge in [-0.05, 0) is 48.9 Å².